The second-order valence-corrected chi connectivity index (χ2v) is 4.41. The van der Waals surface area contributed by atoms with E-state index in [4.69, 9.17) is 5.48 Å². The maximum atomic E-state index is 8.35. The minimum atomic E-state index is -0.128. The lowest BCUT2D eigenvalue weighted by Crippen LogP contribution is -1.85. The lowest BCUT2D eigenvalue weighted by atomic mass is 9.94. The van der Waals surface area contributed by atoms with E-state index in [1.165, 1.54) is 0 Å². The van der Waals surface area contributed by atoms with E-state index in [-0.39, 0.29) is 24.2 Å². The molecule has 3 aromatic rings. The summed E-state index contributed by atoms with van der Waals surface area (Å²) in [6, 6.07) is 17.4. The molecule has 3 aromatic carbocycles. The highest BCUT2D eigenvalue weighted by Crippen LogP contribution is 2.31. The van der Waals surface area contributed by atoms with Gasteiger partial charge in [0.1, 0.15) is 0 Å². The van der Waals surface area contributed by atoms with Crippen molar-refractivity contribution in [2.45, 2.75) is 6.92 Å². The quantitative estimate of drug-likeness (QED) is 0.575. The molecule has 92 valence electrons. The summed E-state index contributed by atoms with van der Waals surface area (Å²) in [5, 5.41) is 0. The SMILES string of the molecule is [2H]c1c([2H])c(C)c([2H])c(-c2ccccc2-c2ccccc2)c1[2H]. The summed E-state index contributed by atoms with van der Waals surface area (Å²) in [5.74, 6) is 0. The zero-order valence-corrected chi connectivity index (χ0v) is 10.7. The largest absolute Gasteiger partial charge is 0.0632 e. The van der Waals surface area contributed by atoms with Crippen LogP contribution in [0.25, 0.3) is 22.3 Å². The summed E-state index contributed by atoms with van der Waals surface area (Å²) in [6.45, 7) is 1.66. The molecular weight excluding hydrogens is 228 g/mol. The van der Waals surface area contributed by atoms with Crippen molar-refractivity contribution in [3.05, 3.63) is 84.3 Å². The second-order valence-electron chi connectivity index (χ2n) is 4.41. The fourth-order valence-corrected chi connectivity index (χ4v) is 2.14. The topological polar surface area (TPSA) is 0 Å². The number of rotatable bonds is 2. The third-order valence-electron chi connectivity index (χ3n) is 3.03. The first kappa shape index (κ1) is 7.96. The molecule has 0 nitrogen and oxygen atoms in total. The van der Waals surface area contributed by atoms with Crippen LogP contribution in [0.2, 0.25) is 0 Å². The molecule has 19 heavy (non-hydrogen) atoms. The van der Waals surface area contributed by atoms with Crippen molar-refractivity contribution in [3.63, 3.8) is 0 Å². The molecule has 0 aliphatic heterocycles. The molecule has 3 rings (SSSR count). The Morgan fingerprint density at radius 3 is 2.11 bits per heavy atom. The summed E-state index contributed by atoms with van der Waals surface area (Å²) in [7, 11) is 0. The van der Waals surface area contributed by atoms with Crippen molar-refractivity contribution < 1.29 is 5.48 Å². The standard InChI is InChI=1S/C19H16/c1-15-8-7-11-17(14-15)19-13-6-5-12-18(19)16-9-3-2-4-10-16/h2-14H,1H3/i7D,8D,11D,14D. The highest BCUT2D eigenvalue weighted by atomic mass is 14.1. The molecule has 0 aliphatic rings. The van der Waals surface area contributed by atoms with Crippen LogP contribution in [0, 0.1) is 6.92 Å². The van der Waals surface area contributed by atoms with Crippen LogP contribution in [-0.2, 0) is 0 Å². The predicted molar refractivity (Wildman–Crippen MR) is 82.1 cm³/mol. The van der Waals surface area contributed by atoms with Crippen molar-refractivity contribution in [1.82, 2.24) is 0 Å². The Morgan fingerprint density at radius 1 is 0.737 bits per heavy atom. The molecule has 0 bridgehead atoms. The normalized spacial score (nSPS) is 13.3. The Bertz CT molecular complexity index is 841. The Labute approximate surface area is 120 Å². The molecule has 0 saturated heterocycles. The minimum Gasteiger partial charge on any atom is -0.0622 e. The monoisotopic (exact) mass is 248 g/mol. The summed E-state index contributed by atoms with van der Waals surface area (Å²) in [5.41, 5.74) is 3.53. The number of hydrogen-bond acceptors (Lipinski definition) is 0. The van der Waals surface area contributed by atoms with E-state index in [0.29, 0.717) is 11.1 Å². The minimum absolute atomic E-state index is 0.0408. The van der Waals surface area contributed by atoms with Gasteiger partial charge in [-0.3, -0.25) is 0 Å². The number of benzene rings is 3. The maximum Gasteiger partial charge on any atom is 0.0632 e. The molecule has 0 unspecified atom stereocenters. The molecule has 0 radical (unpaired) electrons. The zero-order chi connectivity index (χ0) is 16.6. The van der Waals surface area contributed by atoms with Gasteiger partial charge >= 0.3 is 0 Å². The third kappa shape index (κ3) is 2.43. The van der Waals surface area contributed by atoms with Crippen LogP contribution in [0.5, 0.6) is 0 Å². The second kappa shape index (κ2) is 5.11. The molecule has 0 spiro atoms. The lowest BCUT2D eigenvalue weighted by Gasteiger charge is -2.10. The van der Waals surface area contributed by atoms with Gasteiger partial charge in [-0.1, -0.05) is 84.3 Å². The van der Waals surface area contributed by atoms with E-state index >= 15 is 0 Å². The van der Waals surface area contributed by atoms with Crippen LogP contribution < -0.4 is 0 Å². The van der Waals surface area contributed by atoms with Gasteiger partial charge in [0, 0.05) is 0 Å². The zero-order valence-electron chi connectivity index (χ0n) is 14.7. The van der Waals surface area contributed by atoms with E-state index in [1.807, 2.05) is 54.6 Å². The predicted octanol–water partition coefficient (Wildman–Crippen LogP) is 5.33. The fraction of sp³-hybridized carbons (Fsp3) is 0.0526. The molecule has 0 aromatic heterocycles. The van der Waals surface area contributed by atoms with E-state index in [9.17, 15) is 0 Å². The van der Waals surface area contributed by atoms with Gasteiger partial charge in [0.05, 0.1) is 5.48 Å². The van der Waals surface area contributed by atoms with E-state index < -0.39 is 0 Å². The Morgan fingerprint density at radius 2 is 1.37 bits per heavy atom. The molecule has 0 amide bonds. The van der Waals surface area contributed by atoms with Crippen molar-refractivity contribution in [3.8, 4) is 22.3 Å². The highest BCUT2D eigenvalue weighted by Gasteiger charge is 2.06. The molecule has 0 heteroatoms. The molecule has 0 N–H and O–H groups in total. The van der Waals surface area contributed by atoms with Gasteiger partial charge in [0.25, 0.3) is 0 Å². The fourth-order valence-electron chi connectivity index (χ4n) is 2.14. The molecule has 0 heterocycles. The molecule has 0 atom stereocenters. The van der Waals surface area contributed by atoms with Gasteiger partial charge in [-0.2, -0.15) is 0 Å². The average Bonchev–Trinajstić information content (AvgIpc) is 2.60. The van der Waals surface area contributed by atoms with Crippen LogP contribution in [-0.4, -0.2) is 0 Å². The van der Waals surface area contributed by atoms with Crippen molar-refractivity contribution in [2.24, 2.45) is 0 Å². The first-order valence-corrected chi connectivity index (χ1v) is 6.24. The van der Waals surface area contributed by atoms with Crippen molar-refractivity contribution in [1.29, 1.82) is 0 Å². The highest BCUT2D eigenvalue weighted by molar-refractivity contribution is 5.83. The van der Waals surface area contributed by atoms with Crippen LogP contribution in [0.3, 0.4) is 0 Å². The van der Waals surface area contributed by atoms with Gasteiger partial charge in [0.2, 0.25) is 0 Å². The first-order valence-electron chi connectivity index (χ1n) is 8.24. The summed E-state index contributed by atoms with van der Waals surface area (Å²) in [4.78, 5) is 0. The average molecular weight is 248 g/mol. The Kier molecular flexibility index (Phi) is 2.14. The van der Waals surface area contributed by atoms with Crippen LogP contribution in [0.4, 0.5) is 0 Å². The molecular formula is C19H16. The van der Waals surface area contributed by atoms with Crippen LogP contribution in [0.1, 0.15) is 11.0 Å². The van der Waals surface area contributed by atoms with Gasteiger partial charge in [-0.15, -0.1) is 0 Å². The summed E-state index contributed by atoms with van der Waals surface area (Å²) in [6.07, 6.45) is 0. The first-order chi connectivity index (χ1) is 11.0. The van der Waals surface area contributed by atoms with E-state index in [2.05, 4.69) is 0 Å². The van der Waals surface area contributed by atoms with E-state index in [1.54, 1.807) is 6.92 Å². The van der Waals surface area contributed by atoms with E-state index in [0.717, 1.165) is 16.7 Å². The number of hydrogen-bond donors (Lipinski definition) is 0. The molecule has 0 saturated carbocycles. The van der Waals surface area contributed by atoms with Gasteiger partial charge < -0.3 is 0 Å². The maximum absolute atomic E-state index is 8.35. The van der Waals surface area contributed by atoms with Crippen LogP contribution in [0.15, 0.2) is 78.8 Å². The summed E-state index contributed by atoms with van der Waals surface area (Å²) >= 11 is 0. The van der Waals surface area contributed by atoms with Crippen LogP contribution >= 0.6 is 0 Å². The molecule has 0 fully saturated rings. The lowest BCUT2D eigenvalue weighted by molar-refractivity contribution is 1.46. The van der Waals surface area contributed by atoms with Gasteiger partial charge in [-0.05, 0) is 29.2 Å². The third-order valence-corrected chi connectivity index (χ3v) is 3.03. The Hall–Kier alpha value is -2.34. The van der Waals surface area contributed by atoms with Crippen molar-refractivity contribution >= 4 is 0 Å². The Balaban J connectivity index is 2.34. The smallest absolute Gasteiger partial charge is 0.0622 e. The van der Waals surface area contributed by atoms with Gasteiger partial charge in [-0.25, -0.2) is 0 Å². The van der Waals surface area contributed by atoms with Gasteiger partial charge in [0.15, 0.2) is 0 Å². The van der Waals surface area contributed by atoms with Crippen molar-refractivity contribution in [2.75, 3.05) is 0 Å². The molecule has 0 aliphatic carbocycles. The summed E-state index contributed by atoms with van der Waals surface area (Å²) < 4.78 is 32.5.